The molecule has 0 fully saturated rings. The largest absolute Gasteiger partial charge is 0.325 e. The van der Waals surface area contributed by atoms with Crippen molar-refractivity contribution in [3.63, 3.8) is 0 Å². The molecular weight excluding hydrogens is 431 g/mol. The van der Waals surface area contributed by atoms with Gasteiger partial charge < -0.3 is 10.6 Å². The molecule has 10 heteroatoms. The van der Waals surface area contributed by atoms with E-state index in [2.05, 4.69) is 20.9 Å². The molecule has 0 aliphatic heterocycles. The number of benzene rings is 2. The van der Waals surface area contributed by atoms with E-state index in [0.29, 0.717) is 26.4 Å². The lowest BCUT2D eigenvalue weighted by Gasteiger charge is -2.06. The molecule has 6 nitrogen and oxygen atoms in total. The SMILES string of the molecule is O=C(Nc1cccc(Cl)c1)Nc1nc(C(=O)Nc2ccc(Cl)c(Cl)c2)cs1. The topological polar surface area (TPSA) is 83.1 Å². The Balaban J connectivity index is 1.61. The summed E-state index contributed by atoms with van der Waals surface area (Å²) < 4.78 is 0. The van der Waals surface area contributed by atoms with Gasteiger partial charge in [0.15, 0.2) is 5.13 Å². The number of thiazole rings is 1. The molecule has 0 aliphatic rings. The number of hydrogen-bond acceptors (Lipinski definition) is 4. The first-order valence-corrected chi connectivity index (χ1v) is 9.47. The van der Waals surface area contributed by atoms with Crippen molar-refractivity contribution in [1.82, 2.24) is 4.98 Å². The third kappa shape index (κ3) is 5.33. The maximum absolute atomic E-state index is 12.3. The van der Waals surface area contributed by atoms with Gasteiger partial charge in [-0.05, 0) is 36.4 Å². The highest BCUT2D eigenvalue weighted by Crippen LogP contribution is 2.25. The Kier molecular flexibility index (Phi) is 6.18. The minimum Gasteiger partial charge on any atom is -0.321 e. The molecular formula is C17H11Cl3N4O2S. The van der Waals surface area contributed by atoms with Gasteiger partial charge in [0, 0.05) is 21.8 Å². The molecule has 1 aromatic heterocycles. The molecule has 0 saturated carbocycles. The summed E-state index contributed by atoms with van der Waals surface area (Å²) >= 11 is 18.8. The van der Waals surface area contributed by atoms with Gasteiger partial charge in [-0.25, -0.2) is 9.78 Å². The van der Waals surface area contributed by atoms with Crippen molar-refractivity contribution in [2.45, 2.75) is 0 Å². The molecule has 3 aromatic rings. The van der Waals surface area contributed by atoms with Crippen LogP contribution in [0.4, 0.5) is 21.3 Å². The van der Waals surface area contributed by atoms with E-state index < -0.39 is 11.9 Å². The zero-order chi connectivity index (χ0) is 19.4. The second kappa shape index (κ2) is 8.58. The number of amides is 3. The summed E-state index contributed by atoms with van der Waals surface area (Å²) in [6.45, 7) is 0. The first-order valence-electron chi connectivity index (χ1n) is 7.46. The summed E-state index contributed by atoms with van der Waals surface area (Å²) in [4.78, 5) is 28.4. The van der Waals surface area contributed by atoms with E-state index in [1.54, 1.807) is 36.4 Å². The molecule has 27 heavy (non-hydrogen) atoms. The second-order valence-corrected chi connectivity index (χ2v) is 7.32. The van der Waals surface area contributed by atoms with Crippen molar-refractivity contribution in [3.8, 4) is 0 Å². The summed E-state index contributed by atoms with van der Waals surface area (Å²) in [6, 6.07) is 11.0. The van der Waals surface area contributed by atoms with Crippen molar-refractivity contribution >= 4 is 74.6 Å². The molecule has 1 heterocycles. The Morgan fingerprint density at radius 2 is 1.67 bits per heavy atom. The molecule has 0 aliphatic carbocycles. The predicted octanol–water partition coefficient (Wildman–Crippen LogP) is 6.00. The molecule has 0 atom stereocenters. The van der Waals surface area contributed by atoms with E-state index in [-0.39, 0.29) is 10.8 Å². The van der Waals surface area contributed by atoms with Gasteiger partial charge in [-0.2, -0.15) is 0 Å². The smallest absolute Gasteiger partial charge is 0.321 e. The summed E-state index contributed by atoms with van der Waals surface area (Å²) in [7, 11) is 0. The van der Waals surface area contributed by atoms with Crippen LogP contribution >= 0.6 is 46.1 Å². The number of nitrogens with one attached hydrogen (secondary N) is 3. The van der Waals surface area contributed by atoms with Gasteiger partial charge in [-0.3, -0.25) is 10.1 Å². The summed E-state index contributed by atoms with van der Waals surface area (Å²) in [6.07, 6.45) is 0. The van der Waals surface area contributed by atoms with E-state index in [1.807, 2.05) is 0 Å². The summed E-state index contributed by atoms with van der Waals surface area (Å²) in [5.41, 5.74) is 1.17. The van der Waals surface area contributed by atoms with Crippen LogP contribution in [0.1, 0.15) is 10.5 Å². The molecule has 3 amide bonds. The van der Waals surface area contributed by atoms with Crippen molar-refractivity contribution in [2.24, 2.45) is 0 Å². The van der Waals surface area contributed by atoms with Crippen LogP contribution in [0.15, 0.2) is 47.8 Å². The quantitative estimate of drug-likeness (QED) is 0.464. The lowest BCUT2D eigenvalue weighted by Crippen LogP contribution is -2.19. The van der Waals surface area contributed by atoms with Crippen LogP contribution in [0, 0.1) is 0 Å². The van der Waals surface area contributed by atoms with Gasteiger partial charge >= 0.3 is 6.03 Å². The molecule has 0 radical (unpaired) electrons. The van der Waals surface area contributed by atoms with Gasteiger partial charge in [0.1, 0.15) is 5.69 Å². The molecule has 3 N–H and O–H groups in total. The number of carbonyl (C=O) groups is 2. The maximum Gasteiger partial charge on any atom is 0.325 e. The van der Waals surface area contributed by atoms with E-state index in [0.717, 1.165) is 11.3 Å². The van der Waals surface area contributed by atoms with Crippen LogP contribution in [-0.2, 0) is 0 Å². The van der Waals surface area contributed by atoms with E-state index in [4.69, 9.17) is 34.8 Å². The molecule has 0 bridgehead atoms. The number of nitrogens with zero attached hydrogens (tertiary/aromatic N) is 1. The average Bonchev–Trinajstić information content (AvgIpc) is 3.06. The first kappa shape index (κ1) is 19.4. The predicted molar refractivity (Wildman–Crippen MR) is 111 cm³/mol. The number of anilines is 3. The fourth-order valence-electron chi connectivity index (χ4n) is 2.03. The zero-order valence-electron chi connectivity index (χ0n) is 13.4. The number of aromatic nitrogens is 1. The fraction of sp³-hybridized carbons (Fsp3) is 0. The minimum absolute atomic E-state index is 0.157. The van der Waals surface area contributed by atoms with Gasteiger partial charge in [-0.1, -0.05) is 40.9 Å². The summed E-state index contributed by atoms with van der Waals surface area (Å²) in [5, 5.41) is 10.9. The number of carbonyl (C=O) groups excluding carboxylic acids is 2. The number of urea groups is 1. The average molecular weight is 442 g/mol. The molecule has 0 spiro atoms. The van der Waals surface area contributed by atoms with Gasteiger partial charge in [-0.15, -0.1) is 11.3 Å². The van der Waals surface area contributed by atoms with Crippen molar-refractivity contribution < 1.29 is 9.59 Å². The third-order valence-electron chi connectivity index (χ3n) is 3.22. The fourth-order valence-corrected chi connectivity index (χ4v) is 3.20. The van der Waals surface area contributed by atoms with Crippen LogP contribution in [0.25, 0.3) is 0 Å². The van der Waals surface area contributed by atoms with Crippen LogP contribution < -0.4 is 16.0 Å². The molecule has 3 rings (SSSR count). The van der Waals surface area contributed by atoms with Crippen LogP contribution in [-0.4, -0.2) is 16.9 Å². The van der Waals surface area contributed by atoms with E-state index >= 15 is 0 Å². The van der Waals surface area contributed by atoms with Gasteiger partial charge in [0.25, 0.3) is 5.91 Å². The van der Waals surface area contributed by atoms with Crippen LogP contribution in [0.3, 0.4) is 0 Å². The monoisotopic (exact) mass is 440 g/mol. The minimum atomic E-state index is -0.497. The Hall–Kier alpha value is -2.32. The highest BCUT2D eigenvalue weighted by Gasteiger charge is 2.13. The lowest BCUT2D eigenvalue weighted by molar-refractivity contribution is 0.102. The summed E-state index contributed by atoms with van der Waals surface area (Å²) in [5.74, 6) is -0.437. The lowest BCUT2D eigenvalue weighted by atomic mass is 10.3. The highest BCUT2D eigenvalue weighted by molar-refractivity contribution is 7.14. The first-order chi connectivity index (χ1) is 12.9. The zero-order valence-corrected chi connectivity index (χ0v) is 16.5. The molecule has 2 aromatic carbocycles. The number of rotatable bonds is 4. The highest BCUT2D eigenvalue weighted by atomic mass is 35.5. The van der Waals surface area contributed by atoms with Crippen molar-refractivity contribution in [3.05, 3.63) is 68.6 Å². The third-order valence-corrected chi connectivity index (χ3v) is 4.95. The molecule has 138 valence electrons. The van der Waals surface area contributed by atoms with Crippen molar-refractivity contribution in [1.29, 1.82) is 0 Å². The van der Waals surface area contributed by atoms with E-state index in [9.17, 15) is 9.59 Å². The number of halogens is 3. The number of hydrogen-bond donors (Lipinski definition) is 3. The van der Waals surface area contributed by atoms with Crippen LogP contribution in [0.2, 0.25) is 15.1 Å². The Morgan fingerprint density at radius 1 is 0.889 bits per heavy atom. The Labute approximate surface area is 173 Å². The van der Waals surface area contributed by atoms with Gasteiger partial charge in [0.05, 0.1) is 10.0 Å². The van der Waals surface area contributed by atoms with E-state index in [1.165, 1.54) is 11.4 Å². The Morgan fingerprint density at radius 3 is 2.41 bits per heavy atom. The molecule has 0 saturated heterocycles. The van der Waals surface area contributed by atoms with Gasteiger partial charge in [0.2, 0.25) is 0 Å². The standard InChI is InChI=1S/C17H11Cl3N4O2S/c18-9-2-1-3-10(6-9)22-16(26)24-17-23-14(8-27-17)15(25)21-11-4-5-12(19)13(20)7-11/h1-8H,(H,21,25)(H2,22,23,24,26). The Bertz CT molecular complexity index is 1010. The second-order valence-electron chi connectivity index (χ2n) is 5.21. The molecule has 0 unspecified atom stereocenters. The normalized spacial score (nSPS) is 10.3. The van der Waals surface area contributed by atoms with Crippen LogP contribution in [0.5, 0.6) is 0 Å². The maximum atomic E-state index is 12.3. The van der Waals surface area contributed by atoms with Crippen molar-refractivity contribution in [2.75, 3.05) is 16.0 Å².